The highest BCUT2D eigenvalue weighted by atomic mass is 33.7. The highest BCUT2D eigenvalue weighted by molar-refractivity contribution is 9.27. The molecule has 0 spiro atoms. The zero-order valence-electron chi connectivity index (χ0n) is 9.33. The van der Waals surface area contributed by atoms with Gasteiger partial charge >= 0.3 is 0 Å². The summed E-state index contributed by atoms with van der Waals surface area (Å²) < 4.78 is 10.4. The average molecular weight is 347 g/mol. The maximum atomic E-state index is 5.19. The van der Waals surface area contributed by atoms with Crippen LogP contribution in [-0.4, -0.2) is 29.1 Å². The van der Waals surface area contributed by atoms with Crippen LogP contribution >= 0.6 is 41.2 Å². The first kappa shape index (κ1) is 14.5. The second-order valence-corrected chi connectivity index (χ2v) is 11.1. The molecule has 0 aliphatic heterocycles. The number of hydrogen-bond acceptors (Lipinski definition) is 6. The quantitative estimate of drug-likeness (QED) is 0.275. The summed E-state index contributed by atoms with van der Waals surface area (Å²) in [7, 11) is 7.07. The first-order chi connectivity index (χ1) is 8.85. The van der Waals surface area contributed by atoms with Gasteiger partial charge in [-0.1, -0.05) is 13.2 Å². The molecule has 0 aromatic heterocycles. The van der Waals surface area contributed by atoms with Gasteiger partial charge in [-0.2, -0.15) is 0 Å². The van der Waals surface area contributed by atoms with Crippen LogP contribution in [0.4, 0.5) is 0 Å². The lowest BCUT2D eigenvalue weighted by atomic mass is 10.9. The third-order valence-electron chi connectivity index (χ3n) is 1.83. The van der Waals surface area contributed by atoms with E-state index in [1.807, 2.05) is 0 Å². The van der Waals surface area contributed by atoms with Crippen molar-refractivity contribution in [1.29, 1.82) is 0 Å². The maximum Gasteiger partial charge on any atom is 0.231 e. The molecule has 0 saturated heterocycles. The van der Waals surface area contributed by atoms with Crippen molar-refractivity contribution < 1.29 is 8.85 Å². The van der Waals surface area contributed by atoms with E-state index in [-0.39, 0.29) is 18.8 Å². The Morgan fingerprint density at radius 2 is 1.33 bits per heavy atom. The molecule has 0 fully saturated rings. The molecular formula is C10H10O2S4Si2. The first-order valence-corrected chi connectivity index (χ1v) is 11.8. The molecule has 2 aliphatic rings. The zero-order chi connectivity index (χ0) is 12.8. The summed E-state index contributed by atoms with van der Waals surface area (Å²) in [6, 6.07) is 0. The van der Waals surface area contributed by atoms with Gasteiger partial charge in [-0.15, -0.1) is 0 Å². The minimum atomic E-state index is -0.0576. The van der Waals surface area contributed by atoms with E-state index in [4.69, 9.17) is 8.85 Å². The van der Waals surface area contributed by atoms with Gasteiger partial charge in [0.15, 0.2) is 0 Å². The normalized spacial score (nSPS) is 20.2. The van der Waals surface area contributed by atoms with E-state index in [1.54, 1.807) is 41.2 Å². The van der Waals surface area contributed by atoms with Crippen LogP contribution in [0.2, 0.25) is 0 Å². The predicted molar refractivity (Wildman–Crippen MR) is 93.4 cm³/mol. The third-order valence-corrected chi connectivity index (χ3v) is 10.5. The molecule has 8 heteroatoms. The summed E-state index contributed by atoms with van der Waals surface area (Å²) in [4.78, 5) is 2.72. The highest BCUT2D eigenvalue weighted by Crippen LogP contribution is 2.53. The van der Waals surface area contributed by atoms with E-state index < -0.39 is 0 Å². The van der Waals surface area contributed by atoms with Gasteiger partial charge < -0.3 is 8.85 Å². The van der Waals surface area contributed by atoms with E-state index in [0.717, 1.165) is 0 Å². The first-order valence-electron chi connectivity index (χ1n) is 4.90. The minimum Gasteiger partial charge on any atom is -0.526 e. The Hall–Kier alpha value is 0.134. The average Bonchev–Trinajstić information content (AvgIpc) is 3.27. The zero-order valence-corrected chi connectivity index (χ0v) is 14.9. The molecule has 94 valence electrons. The lowest BCUT2D eigenvalue weighted by Gasteiger charge is -1.93. The Kier molecular flexibility index (Phi) is 6.19. The fourth-order valence-corrected chi connectivity index (χ4v) is 9.00. The van der Waals surface area contributed by atoms with Crippen LogP contribution in [0.5, 0.6) is 0 Å². The van der Waals surface area contributed by atoms with E-state index >= 15 is 0 Å². The van der Waals surface area contributed by atoms with E-state index in [0.29, 0.717) is 0 Å². The largest absolute Gasteiger partial charge is 0.526 e. The molecule has 0 saturated carbocycles. The van der Waals surface area contributed by atoms with Gasteiger partial charge in [0.05, 0.1) is 12.5 Å². The Bertz CT molecular complexity index is 438. The molecular weight excluding hydrogens is 337 g/mol. The molecule has 0 N–H and O–H groups in total. The molecule has 2 aliphatic carbocycles. The van der Waals surface area contributed by atoms with E-state index in [1.165, 1.54) is 32.7 Å². The SMILES string of the molecule is C=CO[SiH]=C1C=C1SSSSC1=CC1=[SiH]OC=C. The third kappa shape index (κ3) is 5.02. The van der Waals surface area contributed by atoms with Crippen molar-refractivity contribution >= 4 is 70.3 Å². The lowest BCUT2D eigenvalue weighted by molar-refractivity contribution is 0.533. The van der Waals surface area contributed by atoms with Crippen LogP contribution in [0.1, 0.15) is 0 Å². The summed E-state index contributed by atoms with van der Waals surface area (Å²) >= 11 is 0. The lowest BCUT2D eigenvalue weighted by Crippen LogP contribution is -1.86. The van der Waals surface area contributed by atoms with Crippen molar-refractivity contribution in [1.82, 2.24) is 0 Å². The van der Waals surface area contributed by atoms with Gasteiger partial charge in [-0.3, -0.25) is 0 Å². The molecule has 18 heavy (non-hydrogen) atoms. The van der Waals surface area contributed by atoms with Crippen molar-refractivity contribution in [3.05, 3.63) is 47.6 Å². The van der Waals surface area contributed by atoms with Gasteiger partial charge in [0.1, 0.15) is 0 Å². The predicted octanol–water partition coefficient (Wildman–Crippen LogP) is 2.83. The molecule has 0 amide bonds. The molecule has 0 radical (unpaired) electrons. The highest BCUT2D eigenvalue weighted by Gasteiger charge is 2.20. The van der Waals surface area contributed by atoms with Crippen molar-refractivity contribution in [2.45, 2.75) is 0 Å². The van der Waals surface area contributed by atoms with Gasteiger partial charge in [0.2, 0.25) is 18.8 Å². The number of allylic oxidation sites excluding steroid dienone is 4. The van der Waals surface area contributed by atoms with Crippen LogP contribution in [0.3, 0.4) is 0 Å². The molecule has 0 heterocycles. The summed E-state index contributed by atoms with van der Waals surface area (Å²) in [5.74, 6) is 0. The van der Waals surface area contributed by atoms with Gasteiger partial charge in [0, 0.05) is 20.1 Å². The van der Waals surface area contributed by atoms with Crippen LogP contribution in [-0.2, 0) is 8.85 Å². The molecule has 2 rings (SSSR count). The van der Waals surface area contributed by atoms with Crippen molar-refractivity contribution in [2.24, 2.45) is 0 Å². The molecule has 2 nitrogen and oxygen atoms in total. The molecule has 0 bridgehead atoms. The molecule has 0 atom stereocenters. The minimum absolute atomic E-state index is 0.0576. The standard InChI is InChI=1S/C10H10O2S4Si2/c1-3-11-17-9-5-7(9)13-15-16-14-8-6-10(8)18-12-4-2/h3-6,17-18H,1-2H2. The van der Waals surface area contributed by atoms with Crippen LogP contribution in [0, 0.1) is 0 Å². The number of hydrogen-bond donors (Lipinski definition) is 0. The Labute approximate surface area is 126 Å². The monoisotopic (exact) mass is 346 g/mol. The van der Waals surface area contributed by atoms with Gasteiger partial charge in [-0.25, -0.2) is 0 Å². The van der Waals surface area contributed by atoms with Crippen molar-refractivity contribution in [3.63, 3.8) is 0 Å². The van der Waals surface area contributed by atoms with Gasteiger partial charge in [-0.05, 0) is 53.4 Å². The molecule has 0 aromatic rings. The maximum absolute atomic E-state index is 5.19. The summed E-state index contributed by atoms with van der Waals surface area (Å²) in [5.41, 5.74) is 0. The summed E-state index contributed by atoms with van der Waals surface area (Å²) in [6.07, 6.45) is 7.38. The Morgan fingerprint density at radius 3 is 1.72 bits per heavy atom. The van der Waals surface area contributed by atoms with Crippen molar-refractivity contribution in [2.75, 3.05) is 0 Å². The van der Waals surface area contributed by atoms with Crippen LogP contribution in [0.15, 0.2) is 47.6 Å². The van der Waals surface area contributed by atoms with Crippen LogP contribution in [0.25, 0.3) is 0 Å². The second kappa shape index (κ2) is 7.66. The fourth-order valence-electron chi connectivity index (χ4n) is 0.883. The topological polar surface area (TPSA) is 18.5 Å². The van der Waals surface area contributed by atoms with Crippen LogP contribution < -0.4 is 0 Å². The Morgan fingerprint density at radius 1 is 0.889 bits per heavy atom. The summed E-state index contributed by atoms with van der Waals surface area (Å²) in [6.45, 7) is 7.07. The van der Waals surface area contributed by atoms with Gasteiger partial charge in [0.25, 0.3) is 0 Å². The molecule has 0 aromatic carbocycles. The fraction of sp³-hybridized carbons (Fsp3) is 0. The van der Waals surface area contributed by atoms with Crippen molar-refractivity contribution in [3.8, 4) is 0 Å². The molecule has 0 unspecified atom stereocenters. The number of rotatable bonds is 9. The summed E-state index contributed by atoms with van der Waals surface area (Å²) in [5, 5.41) is 2.72. The van der Waals surface area contributed by atoms with E-state index in [2.05, 4.69) is 25.3 Å². The van der Waals surface area contributed by atoms with E-state index in [9.17, 15) is 0 Å². The smallest absolute Gasteiger partial charge is 0.231 e. The second-order valence-electron chi connectivity index (χ2n) is 3.07. The Balaban J connectivity index is 1.51.